The topological polar surface area (TPSA) is 67.3 Å². The van der Waals surface area contributed by atoms with Crippen LogP contribution in [0.4, 0.5) is 16.5 Å². The maximum Gasteiger partial charge on any atom is 0.242 e. The molecule has 1 unspecified atom stereocenters. The minimum atomic E-state index is 0.0517. The molecule has 160 valence electrons. The van der Waals surface area contributed by atoms with Crippen molar-refractivity contribution in [2.45, 2.75) is 36.1 Å². The highest BCUT2D eigenvalue weighted by atomic mass is 32.2. The lowest BCUT2D eigenvalue weighted by molar-refractivity contribution is -0.115. The Balaban J connectivity index is 1.28. The van der Waals surface area contributed by atoms with Crippen LogP contribution in [0.25, 0.3) is 0 Å². The minimum absolute atomic E-state index is 0.0517. The Morgan fingerprint density at radius 3 is 2.48 bits per heavy atom. The molecule has 1 aromatic heterocycles. The Hall–Kier alpha value is -2.42. The number of anilines is 3. The van der Waals surface area contributed by atoms with E-state index in [2.05, 4.69) is 27.6 Å². The van der Waals surface area contributed by atoms with Crippen LogP contribution >= 0.6 is 23.1 Å². The second kappa shape index (κ2) is 9.38. The number of hydrogen-bond donors (Lipinski definition) is 1. The van der Waals surface area contributed by atoms with Crippen LogP contribution in [0, 0.1) is 0 Å². The van der Waals surface area contributed by atoms with Gasteiger partial charge >= 0.3 is 0 Å². The Labute approximate surface area is 190 Å². The van der Waals surface area contributed by atoms with Gasteiger partial charge in [-0.1, -0.05) is 59.5 Å². The van der Waals surface area contributed by atoms with Crippen LogP contribution in [0.1, 0.15) is 24.0 Å². The van der Waals surface area contributed by atoms with Gasteiger partial charge < -0.3 is 10.1 Å². The Bertz CT molecular complexity index is 1020. The maximum atomic E-state index is 13.4. The van der Waals surface area contributed by atoms with Gasteiger partial charge in [-0.3, -0.25) is 9.69 Å². The van der Waals surface area contributed by atoms with Crippen LogP contribution in [-0.2, 0) is 22.4 Å². The van der Waals surface area contributed by atoms with Crippen molar-refractivity contribution < 1.29 is 9.53 Å². The average molecular weight is 453 g/mol. The van der Waals surface area contributed by atoms with Crippen molar-refractivity contribution in [1.82, 2.24) is 10.2 Å². The summed E-state index contributed by atoms with van der Waals surface area (Å²) < 4.78 is 6.43. The number of nitrogens with zero attached hydrogens (tertiary/aromatic N) is 3. The number of rotatable bonds is 6. The lowest BCUT2D eigenvalue weighted by atomic mass is 10.0. The molecular formula is C23H24N4O2S2. The van der Waals surface area contributed by atoms with Crippen LogP contribution in [0.15, 0.2) is 52.9 Å². The van der Waals surface area contributed by atoms with Gasteiger partial charge in [0, 0.05) is 13.2 Å². The summed E-state index contributed by atoms with van der Waals surface area (Å²) in [5.41, 5.74) is 4.37. The molecular weight excluding hydrogens is 428 g/mol. The van der Waals surface area contributed by atoms with Crippen molar-refractivity contribution in [3.63, 3.8) is 0 Å². The number of carbonyl (C=O) groups is 1. The molecule has 5 rings (SSSR count). The van der Waals surface area contributed by atoms with Crippen LogP contribution < -0.4 is 10.2 Å². The molecule has 0 radical (unpaired) electrons. The molecule has 3 heterocycles. The van der Waals surface area contributed by atoms with Gasteiger partial charge in [-0.15, -0.1) is 10.2 Å². The fourth-order valence-electron chi connectivity index (χ4n) is 4.08. The van der Waals surface area contributed by atoms with Gasteiger partial charge in [-0.2, -0.15) is 0 Å². The van der Waals surface area contributed by atoms with E-state index in [9.17, 15) is 4.79 Å². The van der Waals surface area contributed by atoms with Crippen LogP contribution in [0.2, 0.25) is 0 Å². The van der Waals surface area contributed by atoms with E-state index in [0.717, 1.165) is 59.7 Å². The second-order valence-electron chi connectivity index (χ2n) is 7.66. The largest absolute Gasteiger partial charge is 0.376 e. The van der Waals surface area contributed by atoms with E-state index < -0.39 is 0 Å². The molecule has 1 saturated heterocycles. The summed E-state index contributed by atoms with van der Waals surface area (Å²) >= 11 is 2.92. The number of para-hydroxylation sites is 2. The fraction of sp³-hybridized carbons (Fsp3) is 0.348. The Morgan fingerprint density at radius 2 is 1.81 bits per heavy atom. The predicted octanol–water partition coefficient (Wildman–Crippen LogP) is 4.68. The SMILES string of the molecule is O=C(CSc1nnc(NCC2CCCO2)s1)N1c2ccccc2CCc2ccccc21. The summed E-state index contributed by atoms with van der Waals surface area (Å²) in [6, 6.07) is 16.4. The van der Waals surface area contributed by atoms with Crippen LogP contribution in [0.3, 0.4) is 0 Å². The number of fused-ring (bicyclic) bond motifs is 2. The normalized spacial score (nSPS) is 17.7. The molecule has 0 saturated carbocycles. The second-order valence-corrected chi connectivity index (χ2v) is 9.86. The van der Waals surface area contributed by atoms with Crippen molar-refractivity contribution in [2.24, 2.45) is 0 Å². The third kappa shape index (κ3) is 4.61. The summed E-state index contributed by atoms with van der Waals surface area (Å²) in [6.07, 6.45) is 4.32. The van der Waals surface area contributed by atoms with E-state index in [1.54, 1.807) is 0 Å². The lowest BCUT2D eigenvalue weighted by Crippen LogP contribution is -2.28. The number of thioether (sulfide) groups is 1. The number of amides is 1. The molecule has 0 bridgehead atoms. The first-order chi connectivity index (χ1) is 15.3. The third-order valence-corrected chi connectivity index (χ3v) is 7.61. The number of aryl methyl sites for hydroxylation is 2. The van der Waals surface area contributed by atoms with Crippen molar-refractivity contribution in [3.8, 4) is 0 Å². The standard InChI is InChI=1S/C23H24N4O2S2/c28-21(15-30-23-26-25-22(31-23)24-14-18-8-5-13-29-18)27-19-9-3-1-6-16(19)11-12-17-7-2-4-10-20(17)27/h1-4,6-7,9-10,18H,5,8,11-15H2,(H,24,25). The van der Waals surface area contributed by atoms with Crippen molar-refractivity contribution >= 4 is 45.5 Å². The van der Waals surface area contributed by atoms with E-state index in [1.165, 1.54) is 34.2 Å². The van der Waals surface area contributed by atoms with E-state index in [0.29, 0.717) is 5.75 Å². The van der Waals surface area contributed by atoms with E-state index >= 15 is 0 Å². The van der Waals surface area contributed by atoms with Crippen molar-refractivity contribution in [3.05, 3.63) is 59.7 Å². The van der Waals surface area contributed by atoms with Gasteiger partial charge in [-0.05, 0) is 48.9 Å². The first kappa shape index (κ1) is 20.5. The van der Waals surface area contributed by atoms with Gasteiger partial charge in [0.1, 0.15) is 0 Å². The molecule has 2 aliphatic rings. The summed E-state index contributed by atoms with van der Waals surface area (Å²) in [4.78, 5) is 15.3. The molecule has 0 spiro atoms. The zero-order valence-corrected chi connectivity index (χ0v) is 18.8. The Kier molecular flexibility index (Phi) is 6.20. The highest BCUT2D eigenvalue weighted by molar-refractivity contribution is 8.01. The molecule has 1 atom stereocenters. The monoisotopic (exact) mass is 452 g/mol. The molecule has 8 heteroatoms. The number of ether oxygens (including phenoxy) is 1. The number of nitrogens with one attached hydrogen (secondary N) is 1. The molecule has 1 fully saturated rings. The molecule has 6 nitrogen and oxygen atoms in total. The molecule has 3 aromatic rings. The highest BCUT2D eigenvalue weighted by Gasteiger charge is 2.26. The minimum Gasteiger partial charge on any atom is -0.376 e. The third-order valence-electron chi connectivity index (χ3n) is 5.61. The summed E-state index contributed by atoms with van der Waals surface area (Å²) in [5, 5.41) is 12.5. The number of carbonyl (C=O) groups excluding carboxylic acids is 1. The molecule has 2 aliphatic heterocycles. The van der Waals surface area contributed by atoms with Gasteiger partial charge in [0.25, 0.3) is 0 Å². The zero-order valence-electron chi connectivity index (χ0n) is 17.1. The summed E-state index contributed by atoms with van der Waals surface area (Å²) in [7, 11) is 0. The van der Waals surface area contributed by atoms with Gasteiger partial charge in [0.05, 0.1) is 23.2 Å². The van der Waals surface area contributed by atoms with Gasteiger partial charge in [0.15, 0.2) is 4.34 Å². The van der Waals surface area contributed by atoms with Crippen LogP contribution in [-0.4, -0.2) is 41.1 Å². The maximum absolute atomic E-state index is 13.4. The molecule has 2 aromatic carbocycles. The van der Waals surface area contributed by atoms with E-state index in [-0.39, 0.29) is 12.0 Å². The molecule has 31 heavy (non-hydrogen) atoms. The average Bonchev–Trinajstić information content (AvgIpc) is 3.45. The lowest BCUT2D eigenvalue weighted by Gasteiger charge is -2.24. The number of aromatic nitrogens is 2. The van der Waals surface area contributed by atoms with Gasteiger partial charge in [0.2, 0.25) is 11.0 Å². The van der Waals surface area contributed by atoms with Crippen molar-refractivity contribution in [2.75, 3.05) is 29.1 Å². The molecule has 0 aliphatic carbocycles. The first-order valence-electron chi connectivity index (χ1n) is 10.6. The van der Waals surface area contributed by atoms with E-state index in [4.69, 9.17) is 4.74 Å². The zero-order chi connectivity index (χ0) is 21.0. The quantitative estimate of drug-likeness (QED) is 0.548. The van der Waals surface area contributed by atoms with Crippen molar-refractivity contribution in [1.29, 1.82) is 0 Å². The van der Waals surface area contributed by atoms with E-state index in [1.807, 2.05) is 41.3 Å². The molecule has 1 amide bonds. The summed E-state index contributed by atoms with van der Waals surface area (Å²) in [5.74, 6) is 0.360. The number of hydrogen-bond acceptors (Lipinski definition) is 7. The fourth-order valence-corrected chi connectivity index (χ4v) is 5.69. The Morgan fingerprint density at radius 1 is 1.10 bits per heavy atom. The van der Waals surface area contributed by atoms with Gasteiger partial charge in [-0.25, -0.2) is 0 Å². The highest BCUT2D eigenvalue weighted by Crippen LogP contribution is 2.37. The smallest absolute Gasteiger partial charge is 0.242 e. The number of benzene rings is 2. The van der Waals surface area contributed by atoms with Crippen LogP contribution in [0.5, 0.6) is 0 Å². The first-order valence-corrected chi connectivity index (χ1v) is 12.4. The summed E-state index contributed by atoms with van der Waals surface area (Å²) in [6.45, 7) is 1.59. The predicted molar refractivity (Wildman–Crippen MR) is 126 cm³/mol. The molecule has 1 N–H and O–H groups in total.